The van der Waals surface area contributed by atoms with E-state index in [0.717, 1.165) is 37.3 Å². The molecule has 1 saturated carbocycles. The highest BCUT2D eigenvalue weighted by atomic mass is 35.5. The maximum absolute atomic E-state index is 12.9. The van der Waals surface area contributed by atoms with Crippen molar-refractivity contribution in [1.29, 1.82) is 0 Å². The van der Waals surface area contributed by atoms with E-state index in [4.69, 9.17) is 16.3 Å². The van der Waals surface area contributed by atoms with Crippen molar-refractivity contribution in [3.8, 4) is 5.75 Å². The highest BCUT2D eigenvalue weighted by Crippen LogP contribution is 2.34. The number of hydrogen-bond donors (Lipinski definition) is 3. The molecule has 0 bridgehead atoms. The number of hydrogen-bond acceptors (Lipinski definition) is 8. The van der Waals surface area contributed by atoms with Gasteiger partial charge in [-0.2, -0.15) is 4.98 Å². The summed E-state index contributed by atoms with van der Waals surface area (Å²) in [6.45, 7) is 4.99. The number of para-hydroxylation sites is 1. The van der Waals surface area contributed by atoms with Crippen LogP contribution >= 0.6 is 11.6 Å². The average Bonchev–Trinajstić information content (AvgIpc) is 3.57. The van der Waals surface area contributed by atoms with Crippen LogP contribution in [-0.4, -0.2) is 44.6 Å². The SMILES string of the molecule is CCOc1cc(N2CCCC2)ccc1Nc1ncc(Cl)c(Nc2ccccc2S(=O)(=O)NCC2CC2)n1. The summed E-state index contributed by atoms with van der Waals surface area (Å²) in [5, 5.41) is 6.56. The van der Waals surface area contributed by atoms with Crippen LogP contribution in [0.25, 0.3) is 0 Å². The second-order valence-corrected chi connectivity index (χ2v) is 11.4. The van der Waals surface area contributed by atoms with Crippen molar-refractivity contribution < 1.29 is 13.2 Å². The fourth-order valence-electron chi connectivity index (χ4n) is 4.26. The van der Waals surface area contributed by atoms with Gasteiger partial charge in [0.15, 0.2) is 5.82 Å². The molecule has 3 aromatic rings. The number of ether oxygens (including phenoxy) is 1. The third-order valence-electron chi connectivity index (χ3n) is 6.42. The number of anilines is 5. The summed E-state index contributed by atoms with van der Waals surface area (Å²) in [5.74, 6) is 1.72. The van der Waals surface area contributed by atoms with Crippen LogP contribution < -0.4 is 25.0 Å². The minimum Gasteiger partial charge on any atom is -0.492 e. The summed E-state index contributed by atoms with van der Waals surface area (Å²) in [5.41, 5.74) is 2.23. The van der Waals surface area contributed by atoms with Gasteiger partial charge in [0, 0.05) is 31.4 Å². The Hall–Kier alpha value is -3.08. The summed E-state index contributed by atoms with van der Waals surface area (Å²) in [6.07, 6.45) is 5.97. The smallest absolute Gasteiger partial charge is 0.242 e. The average molecular weight is 543 g/mol. The predicted octanol–water partition coefficient (Wildman–Crippen LogP) is 5.30. The first-order chi connectivity index (χ1) is 17.9. The van der Waals surface area contributed by atoms with Crippen LogP contribution in [-0.2, 0) is 10.0 Å². The summed E-state index contributed by atoms with van der Waals surface area (Å²) in [6, 6.07) is 12.7. The molecule has 0 atom stereocenters. The van der Waals surface area contributed by atoms with Crippen molar-refractivity contribution >= 4 is 50.5 Å². The number of nitrogens with one attached hydrogen (secondary N) is 3. The van der Waals surface area contributed by atoms with Gasteiger partial charge < -0.3 is 20.3 Å². The Morgan fingerprint density at radius 2 is 1.86 bits per heavy atom. The number of halogens is 1. The fraction of sp³-hybridized carbons (Fsp3) is 0.385. The molecule has 11 heteroatoms. The van der Waals surface area contributed by atoms with Gasteiger partial charge in [-0.25, -0.2) is 18.1 Å². The monoisotopic (exact) mass is 542 g/mol. The zero-order valence-electron chi connectivity index (χ0n) is 20.7. The first-order valence-electron chi connectivity index (χ1n) is 12.6. The molecule has 2 heterocycles. The highest BCUT2D eigenvalue weighted by Gasteiger charge is 2.26. The Labute approximate surface area is 222 Å². The third kappa shape index (κ3) is 6.26. The lowest BCUT2D eigenvalue weighted by Gasteiger charge is -2.20. The van der Waals surface area contributed by atoms with E-state index in [-0.39, 0.29) is 15.7 Å². The fourth-order valence-corrected chi connectivity index (χ4v) is 5.67. The molecule has 1 aliphatic heterocycles. The number of sulfonamides is 1. The molecular formula is C26H31ClN6O3S. The molecule has 1 aromatic heterocycles. The Kier molecular flexibility index (Phi) is 7.68. The topological polar surface area (TPSA) is 108 Å². The quantitative estimate of drug-likeness (QED) is 0.299. The number of aromatic nitrogens is 2. The lowest BCUT2D eigenvalue weighted by atomic mass is 10.2. The molecule has 0 amide bonds. The number of benzene rings is 2. The zero-order chi connectivity index (χ0) is 25.8. The van der Waals surface area contributed by atoms with Gasteiger partial charge in [-0.15, -0.1) is 0 Å². The maximum Gasteiger partial charge on any atom is 0.242 e. The summed E-state index contributed by atoms with van der Waals surface area (Å²) < 4.78 is 34.5. The molecule has 2 fully saturated rings. The van der Waals surface area contributed by atoms with Gasteiger partial charge in [0.1, 0.15) is 15.7 Å². The summed E-state index contributed by atoms with van der Waals surface area (Å²) in [4.78, 5) is 11.3. The molecule has 2 aliphatic rings. The van der Waals surface area contributed by atoms with E-state index in [1.54, 1.807) is 24.3 Å². The largest absolute Gasteiger partial charge is 0.492 e. The maximum atomic E-state index is 12.9. The van der Waals surface area contributed by atoms with Crippen LogP contribution in [0, 0.1) is 5.92 Å². The number of nitrogens with zero attached hydrogens (tertiary/aromatic N) is 3. The molecule has 2 aromatic carbocycles. The first-order valence-corrected chi connectivity index (χ1v) is 14.5. The van der Waals surface area contributed by atoms with Crippen molar-refractivity contribution in [3.05, 3.63) is 53.7 Å². The predicted molar refractivity (Wildman–Crippen MR) is 147 cm³/mol. The van der Waals surface area contributed by atoms with Crippen molar-refractivity contribution in [2.24, 2.45) is 5.92 Å². The molecule has 37 heavy (non-hydrogen) atoms. The van der Waals surface area contributed by atoms with E-state index in [9.17, 15) is 8.42 Å². The van der Waals surface area contributed by atoms with Gasteiger partial charge in [-0.1, -0.05) is 23.7 Å². The first kappa shape index (κ1) is 25.6. The van der Waals surface area contributed by atoms with Crippen LogP contribution in [0.3, 0.4) is 0 Å². The number of rotatable bonds is 11. The summed E-state index contributed by atoms with van der Waals surface area (Å²) >= 11 is 6.39. The van der Waals surface area contributed by atoms with Gasteiger partial charge in [0.2, 0.25) is 16.0 Å². The Bertz CT molecular complexity index is 1360. The van der Waals surface area contributed by atoms with Gasteiger partial charge >= 0.3 is 0 Å². The Morgan fingerprint density at radius 1 is 1.08 bits per heavy atom. The lowest BCUT2D eigenvalue weighted by molar-refractivity contribution is 0.342. The molecule has 9 nitrogen and oxygen atoms in total. The minimum atomic E-state index is -3.70. The lowest BCUT2D eigenvalue weighted by Crippen LogP contribution is -2.26. The standard InChI is InChI=1S/C26H31ClN6O3S/c1-2-36-23-15-19(33-13-5-6-14-33)11-12-21(23)31-26-28-17-20(27)25(32-26)30-22-7-3-4-8-24(22)37(34,35)29-16-18-9-10-18/h3-4,7-8,11-12,15,17-18,29H,2,5-6,9-10,13-14,16H2,1H3,(H2,28,30,31,32). The van der Waals surface area contributed by atoms with Crippen molar-refractivity contribution in [2.75, 3.05) is 41.8 Å². The third-order valence-corrected chi connectivity index (χ3v) is 8.17. The van der Waals surface area contributed by atoms with Crippen molar-refractivity contribution in [3.63, 3.8) is 0 Å². The molecule has 0 unspecified atom stereocenters. The van der Waals surface area contributed by atoms with E-state index < -0.39 is 10.0 Å². The van der Waals surface area contributed by atoms with Crippen LogP contribution in [0.15, 0.2) is 53.6 Å². The van der Waals surface area contributed by atoms with Crippen molar-refractivity contribution in [2.45, 2.75) is 37.5 Å². The molecule has 196 valence electrons. The van der Waals surface area contributed by atoms with E-state index in [0.29, 0.717) is 36.5 Å². The van der Waals surface area contributed by atoms with Crippen LogP contribution in [0.2, 0.25) is 5.02 Å². The highest BCUT2D eigenvalue weighted by molar-refractivity contribution is 7.89. The van der Waals surface area contributed by atoms with Crippen LogP contribution in [0.1, 0.15) is 32.6 Å². The molecule has 1 saturated heterocycles. The van der Waals surface area contributed by atoms with E-state index in [1.807, 2.05) is 19.1 Å². The second-order valence-electron chi connectivity index (χ2n) is 9.24. The van der Waals surface area contributed by atoms with Crippen LogP contribution in [0.5, 0.6) is 5.75 Å². The molecule has 0 spiro atoms. The zero-order valence-corrected chi connectivity index (χ0v) is 22.3. The normalized spacial score (nSPS) is 15.6. The minimum absolute atomic E-state index is 0.135. The van der Waals surface area contributed by atoms with Gasteiger partial charge in [-0.05, 0) is 62.8 Å². The molecular weight excluding hydrogens is 512 g/mol. The van der Waals surface area contributed by atoms with Gasteiger partial charge in [0.05, 0.1) is 24.2 Å². The Balaban J connectivity index is 1.37. The molecule has 0 radical (unpaired) electrons. The van der Waals surface area contributed by atoms with E-state index in [2.05, 4.69) is 36.3 Å². The summed E-state index contributed by atoms with van der Waals surface area (Å²) in [7, 11) is -3.70. The second kappa shape index (κ2) is 11.1. The molecule has 5 rings (SSSR count). The Morgan fingerprint density at radius 3 is 2.62 bits per heavy atom. The van der Waals surface area contributed by atoms with E-state index in [1.165, 1.54) is 19.0 Å². The van der Waals surface area contributed by atoms with Gasteiger partial charge in [0.25, 0.3) is 0 Å². The van der Waals surface area contributed by atoms with Crippen molar-refractivity contribution in [1.82, 2.24) is 14.7 Å². The van der Waals surface area contributed by atoms with Gasteiger partial charge in [-0.3, -0.25) is 0 Å². The molecule has 3 N–H and O–H groups in total. The van der Waals surface area contributed by atoms with E-state index >= 15 is 0 Å². The van der Waals surface area contributed by atoms with Crippen LogP contribution in [0.4, 0.5) is 28.8 Å². The molecule has 1 aliphatic carbocycles.